The molecule has 3 unspecified atom stereocenters. The zero-order valence-corrected chi connectivity index (χ0v) is 14.6. The number of hydrogen-bond acceptors (Lipinski definition) is 5. The second kappa shape index (κ2) is 5.33. The molecule has 1 saturated carbocycles. The van der Waals surface area contributed by atoms with Gasteiger partial charge in [-0.05, 0) is 66.3 Å². The maximum atomic E-state index is 10.9. The number of aliphatic hydroxyl groups excluding tert-OH is 1. The van der Waals surface area contributed by atoms with Gasteiger partial charge in [-0.1, -0.05) is 13.0 Å². The van der Waals surface area contributed by atoms with E-state index in [1.807, 2.05) is 0 Å². The highest BCUT2D eigenvalue weighted by molar-refractivity contribution is 7.81. The highest BCUT2D eigenvalue weighted by atomic mass is 32.3. The van der Waals surface area contributed by atoms with Crippen LogP contribution in [0.3, 0.4) is 0 Å². The molecule has 3 atom stereocenters. The number of aryl methyl sites for hydroxylation is 1. The maximum Gasteiger partial charge on any atom is 0.446 e. The Morgan fingerprint density at radius 1 is 1.20 bits per heavy atom. The van der Waals surface area contributed by atoms with E-state index in [-0.39, 0.29) is 28.9 Å². The molecule has 2 aliphatic rings. The van der Waals surface area contributed by atoms with Crippen molar-refractivity contribution in [2.45, 2.75) is 44.6 Å². The van der Waals surface area contributed by atoms with Crippen molar-refractivity contribution in [2.24, 2.45) is 5.41 Å². The third kappa shape index (κ3) is 2.58. The van der Waals surface area contributed by atoms with Gasteiger partial charge in [0.1, 0.15) is 11.5 Å². The Morgan fingerprint density at radius 3 is 2.68 bits per heavy atom. The Kier molecular flexibility index (Phi) is 3.55. The molecule has 0 radical (unpaired) electrons. The smallest absolute Gasteiger partial charge is 0.446 e. The fourth-order valence-electron chi connectivity index (χ4n) is 4.69. The first-order valence-electron chi connectivity index (χ1n) is 8.32. The van der Waals surface area contributed by atoms with Gasteiger partial charge >= 0.3 is 10.4 Å². The summed E-state index contributed by atoms with van der Waals surface area (Å²) in [6, 6.07) is 6.32. The maximum absolute atomic E-state index is 10.9. The highest BCUT2D eigenvalue weighted by Gasteiger charge is 2.49. The van der Waals surface area contributed by atoms with Gasteiger partial charge in [-0.2, -0.15) is 8.42 Å². The van der Waals surface area contributed by atoms with E-state index in [9.17, 15) is 18.6 Å². The van der Waals surface area contributed by atoms with Crippen LogP contribution in [0.4, 0.5) is 0 Å². The molecule has 0 amide bonds. The van der Waals surface area contributed by atoms with Crippen molar-refractivity contribution in [3.8, 4) is 11.5 Å². The van der Waals surface area contributed by atoms with Crippen molar-refractivity contribution in [3.63, 3.8) is 0 Å². The van der Waals surface area contributed by atoms with Gasteiger partial charge in [0, 0.05) is 10.8 Å². The molecule has 1 fully saturated rings. The Balaban J connectivity index is 1.87. The van der Waals surface area contributed by atoms with E-state index in [0.717, 1.165) is 42.2 Å². The van der Waals surface area contributed by atoms with E-state index in [4.69, 9.17) is 4.55 Å². The molecule has 6 nitrogen and oxygen atoms in total. The molecule has 0 bridgehead atoms. The van der Waals surface area contributed by atoms with Crippen LogP contribution in [-0.2, 0) is 16.8 Å². The van der Waals surface area contributed by atoms with Crippen LogP contribution in [-0.4, -0.2) is 29.3 Å². The first-order valence-corrected chi connectivity index (χ1v) is 9.69. The Labute approximate surface area is 146 Å². The molecule has 0 spiro atoms. The summed E-state index contributed by atoms with van der Waals surface area (Å²) in [5.41, 5.74) is 2.03. The van der Waals surface area contributed by atoms with E-state index in [0.29, 0.717) is 5.39 Å². The summed E-state index contributed by atoms with van der Waals surface area (Å²) in [7, 11) is -4.61. The summed E-state index contributed by atoms with van der Waals surface area (Å²) in [6.07, 6.45) is 2.98. The number of benzene rings is 2. The molecule has 2 aromatic carbocycles. The molecule has 0 saturated heterocycles. The predicted octanol–water partition coefficient (Wildman–Crippen LogP) is 2.92. The van der Waals surface area contributed by atoms with Crippen molar-refractivity contribution in [3.05, 3.63) is 35.4 Å². The van der Waals surface area contributed by atoms with Gasteiger partial charge < -0.3 is 14.4 Å². The molecule has 0 aromatic heterocycles. The standard InChI is InChI=1S/C18H20O6S/c1-18-7-6-12-11-3-2-10(24-25(21,22)23)8-14(11)16(19)9-13(12)15(18)4-5-17(18)20/h2-3,8-9,15,17,19-20H,4-7H2,1H3,(H,21,22,23). The van der Waals surface area contributed by atoms with Gasteiger partial charge in [0.05, 0.1) is 6.10 Å². The molecule has 0 aliphatic heterocycles. The van der Waals surface area contributed by atoms with Crippen LogP contribution >= 0.6 is 0 Å². The fraction of sp³-hybridized carbons (Fsp3) is 0.444. The SMILES string of the molecule is CC12CCc3c(cc(O)c4cc(OS(=O)(=O)O)ccc34)C1CCC2O. The summed E-state index contributed by atoms with van der Waals surface area (Å²) in [4.78, 5) is 0. The molecule has 7 heteroatoms. The van der Waals surface area contributed by atoms with E-state index >= 15 is 0 Å². The van der Waals surface area contributed by atoms with Crippen LogP contribution in [0.5, 0.6) is 11.5 Å². The Bertz CT molecular complexity index is 967. The number of phenols is 1. The summed E-state index contributed by atoms with van der Waals surface area (Å²) < 4.78 is 35.1. The van der Waals surface area contributed by atoms with Crippen LogP contribution in [0.15, 0.2) is 24.3 Å². The molecule has 3 N–H and O–H groups in total. The summed E-state index contributed by atoms with van der Waals surface area (Å²) in [5.74, 6) is 0.192. The summed E-state index contributed by atoms with van der Waals surface area (Å²) in [6.45, 7) is 2.11. The lowest BCUT2D eigenvalue weighted by Crippen LogP contribution is -2.35. The van der Waals surface area contributed by atoms with E-state index in [1.165, 1.54) is 12.1 Å². The van der Waals surface area contributed by atoms with E-state index < -0.39 is 10.4 Å². The largest absolute Gasteiger partial charge is 0.507 e. The minimum Gasteiger partial charge on any atom is -0.507 e. The van der Waals surface area contributed by atoms with Crippen molar-refractivity contribution in [1.82, 2.24) is 0 Å². The van der Waals surface area contributed by atoms with Gasteiger partial charge in [-0.3, -0.25) is 4.55 Å². The lowest BCUT2D eigenvalue weighted by molar-refractivity contribution is 0.0458. The summed E-state index contributed by atoms with van der Waals surface area (Å²) >= 11 is 0. The third-order valence-electron chi connectivity index (χ3n) is 6.01. The zero-order chi connectivity index (χ0) is 18.0. The van der Waals surface area contributed by atoms with Crippen LogP contribution in [0, 0.1) is 5.41 Å². The monoisotopic (exact) mass is 364 g/mol. The minimum absolute atomic E-state index is 0.0418. The normalized spacial score (nSPS) is 28.6. The van der Waals surface area contributed by atoms with E-state index in [2.05, 4.69) is 11.1 Å². The van der Waals surface area contributed by atoms with Crippen molar-refractivity contribution < 1.29 is 27.4 Å². The van der Waals surface area contributed by atoms with E-state index in [1.54, 1.807) is 12.1 Å². The molecule has 2 aliphatic carbocycles. The molecular formula is C18H20O6S. The highest BCUT2D eigenvalue weighted by Crippen LogP contribution is 2.57. The molecule has 4 rings (SSSR count). The Morgan fingerprint density at radius 2 is 1.96 bits per heavy atom. The molecular weight excluding hydrogens is 344 g/mol. The van der Waals surface area contributed by atoms with Gasteiger partial charge in [0.15, 0.2) is 0 Å². The molecule has 134 valence electrons. The quantitative estimate of drug-likeness (QED) is 0.708. The minimum atomic E-state index is -4.61. The third-order valence-corrected chi connectivity index (χ3v) is 6.41. The van der Waals surface area contributed by atoms with Crippen molar-refractivity contribution in [2.75, 3.05) is 0 Å². The number of phenolic OH excluding ortho intramolecular Hbond substituents is 1. The number of aliphatic hydroxyl groups is 1. The van der Waals surface area contributed by atoms with Gasteiger partial charge in [-0.15, -0.1) is 0 Å². The Hall–Kier alpha value is -1.83. The van der Waals surface area contributed by atoms with Crippen LogP contribution in [0.25, 0.3) is 10.8 Å². The zero-order valence-electron chi connectivity index (χ0n) is 13.8. The lowest BCUT2D eigenvalue weighted by Gasteiger charge is -2.40. The number of rotatable bonds is 2. The van der Waals surface area contributed by atoms with Crippen LogP contribution in [0.2, 0.25) is 0 Å². The molecule has 0 heterocycles. The number of fused-ring (bicyclic) bond motifs is 5. The fourth-order valence-corrected chi connectivity index (χ4v) is 5.04. The summed E-state index contributed by atoms with van der Waals surface area (Å²) in [5, 5.41) is 22.2. The van der Waals surface area contributed by atoms with Crippen molar-refractivity contribution >= 4 is 21.2 Å². The molecule has 25 heavy (non-hydrogen) atoms. The average molecular weight is 364 g/mol. The van der Waals surface area contributed by atoms with Gasteiger partial charge in [0.25, 0.3) is 0 Å². The topological polar surface area (TPSA) is 104 Å². The van der Waals surface area contributed by atoms with Crippen LogP contribution in [0.1, 0.15) is 43.2 Å². The second-order valence-electron chi connectivity index (χ2n) is 7.33. The first kappa shape index (κ1) is 16.6. The van der Waals surface area contributed by atoms with Crippen LogP contribution < -0.4 is 4.18 Å². The predicted molar refractivity (Wildman–Crippen MR) is 92.2 cm³/mol. The van der Waals surface area contributed by atoms with Gasteiger partial charge in [0.2, 0.25) is 0 Å². The number of hydrogen-bond donors (Lipinski definition) is 3. The van der Waals surface area contributed by atoms with Gasteiger partial charge in [-0.25, -0.2) is 0 Å². The number of aromatic hydroxyl groups is 1. The first-order chi connectivity index (χ1) is 11.7. The lowest BCUT2D eigenvalue weighted by atomic mass is 9.65. The average Bonchev–Trinajstić information content (AvgIpc) is 2.82. The molecule has 2 aromatic rings. The van der Waals surface area contributed by atoms with Crippen molar-refractivity contribution in [1.29, 1.82) is 0 Å². The second-order valence-corrected chi connectivity index (χ2v) is 8.36.